The van der Waals surface area contributed by atoms with Crippen LogP contribution in [0.5, 0.6) is 0 Å². The van der Waals surface area contributed by atoms with Crippen LogP contribution in [0.1, 0.15) is 27.6 Å². The lowest BCUT2D eigenvalue weighted by molar-refractivity contribution is 0.102. The lowest BCUT2D eigenvalue weighted by atomic mass is 10.2. The number of aromatic nitrogens is 5. The molecular weight excluding hydrogens is 493 g/mol. The molecule has 0 aliphatic heterocycles. The maximum Gasteiger partial charge on any atom is 0.278 e. The van der Waals surface area contributed by atoms with Crippen LogP contribution in [0.25, 0.3) is 5.69 Å². The second kappa shape index (κ2) is 9.90. The van der Waals surface area contributed by atoms with Gasteiger partial charge in [0.05, 0.1) is 16.3 Å². The third-order valence-corrected chi connectivity index (χ3v) is 6.58. The standard InChI is InChI=1S/C22H20FN7O3S2/c1-13-11-14(2)26-22(25-13)34-12-19-20(28-29-30(19)17-7-3-15(23)4-8-17)21(31)27-16-5-9-18(10-6-16)35(24,32)33/h3-11H,12H2,1-2H3,(H,27,31)(H2,24,32,33). The molecule has 0 bridgehead atoms. The number of nitrogens with two attached hydrogens (primary N) is 1. The summed E-state index contributed by atoms with van der Waals surface area (Å²) >= 11 is 1.30. The van der Waals surface area contributed by atoms with E-state index in [-0.39, 0.29) is 16.3 Å². The normalized spacial score (nSPS) is 11.4. The van der Waals surface area contributed by atoms with Crippen molar-refractivity contribution in [2.75, 3.05) is 5.32 Å². The smallest absolute Gasteiger partial charge is 0.278 e. The highest BCUT2D eigenvalue weighted by molar-refractivity contribution is 7.98. The molecule has 0 atom stereocenters. The first kappa shape index (κ1) is 24.4. The fraction of sp³-hybridized carbons (Fsp3) is 0.136. The Morgan fingerprint density at radius 1 is 1.06 bits per heavy atom. The molecule has 2 aromatic carbocycles. The number of carbonyl (C=O) groups is 1. The molecule has 0 unspecified atom stereocenters. The molecule has 4 aromatic rings. The molecule has 0 saturated heterocycles. The summed E-state index contributed by atoms with van der Waals surface area (Å²) in [6.45, 7) is 3.73. The minimum absolute atomic E-state index is 0.0433. The van der Waals surface area contributed by atoms with Crippen LogP contribution in [0.15, 0.2) is 64.6 Å². The quantitative estimate of drug-likeness (QED) is 0.283. The first-order chi connectivity index (χ1) is 16.6. The summed E-state index contributed by atoms with van der Waals surface area (Å²) in [6, 6.07) is 12.9. The van der Waals surface area contributed by atoms with Crippen LogP contribution >= 0.6 is 11.8 Å². The van der Waals surface area contributed by atoms with E-state index in [1.54, 1.807) is 0 Å². The number of sulfonamides is 1. The SMILES string of the molecule is Cc1cc(C)nc(SCc2c(C(=O)Nc3ccc(S(N)(=O)=O)cc3)nnn2-c2ccc(F)cc2)n1. The van der Waals surface area contributed by atoms with Gasteiger partial charge in [-0.3, -0.25) is 4.79 Å². The molecule has 3 N–H and O–H groups in total. The highest BCUT2D eigenvalue weighted by atomic mass is 32.2. The average Bonchev–Trinajstić information content (AvgIpc) is 3.21. The van der Waals surface area contributed by atoms with E-state index >= 15 is 0 Å². The van der Waals surface area contributed by atoms with Crippen molar-refractivity contribution in [1.82, 2.24) is 25.0 Å². The third-order valence-electron chi connectivity index (χ3n) is 4.79. The number of hydrogen-bond donors (Lipinski definition) is 2. The molecule has 0 radical (unpaired) electrons. The molecule has 2 aromatic heterocycles. The van der Waals surface area contributed by atoms with Gasteiger partial charge in [-0.05, 0) is 68.4 Å². The van der Waals surface area contributed by atoms with Gasteiger partial charge in [0.1, 0.15) is 5.82 Å². The van der Waals surface area contributed by atoms with E-state index < -0.39 is 21.7 Å². The summed E-state index contributed by atoms with van der Waals surface area (Å²) in [5, 5.41) is 16.5. The van der Waals surface area contributed by atoms with Crippen LogP contribution in [-0.4, -0.2) is 39.3 Å². The number of primary sulfonamides is 1. The van der Waals surface area contributed by atoms with Crippen molar-refractivity contribution >= 4 is 33.4 Å². The Kier molecular flexibility index (Phi) is 6.91. The molecule has 10 nitrogen and oxygen atoms in total. The molecule has 180 valence electrons. The van der Waals surface area contributed by atoms with E-state index in [1.165, 1.54) is 65.0 Å². The van der Waals surface area contributed by atoms with Crippen LogP contribution < -0.4 is 10.5 Å². The van der Waals surface area contributed by atoms with Gasteiger partial charge in [-0.2, -0.15) is 0 Å². The van der Waals surface area contributed by atoms with Gasteiger partial charge in [0.15, 0.2) is 10.9 Å². The summed E-state index contributed by atoms with van der Waals surface area (Å²) in [5.74, 6) is -0.714. The van der Waals surface area contributed by atoms with Crippen LogP contribution in [0.3, 0.4) is 0 Å². The Bertz CT molecular complexity index is 1470. The second-order valence-electron chi connectivity index (χ2n) is 7.52. The molecule has 0 aliphatic carbocycles. The first-order valence-corrected chi connectivity index (χ1v) is 12.7. The number of rotatable bonds is 7. The summed E-state index contributed by atoms with van der Waals surface area (Å²) in [7, 11) is -3.86. The Balaban J connectivity index is 1.65. The number of amides is 1. The van der Waals surface area contributed by atoms with Crippen molar-refractivity contribution in [2.24, 2.45) is 5.14 Å². The molecular formula is C22H20FN7O3S2. The van der Waals surface area contributed by atoms with E-state index in [2.05, 4.69) is 25.6 Å². The molecule has 1 amide bonds. The van der Waals surface area contributed by atoms with Crippen LogP contribution in [0.2, 0.25) is 0 Å². The molecule has 0 saturated carbocycles. The number of thioether (sulfide) groups is 1. The zero-order chi connectivity index (χ0) is 25.2. The number of aryl methyl sites for hydroxylation is 2. The number of hydrogen-bond acceptors (Lipinski definition) is 8. The number of nitrogens with one attached hydrogen (secondary N) is 1. The molecule has 35 heavy (non-hydrogen) atoms. The van der Waals surface area contributed by atoms with Gasteiger partial charge < -0.3 is 5.32 Å². The topological polar surface area (TPSA) is 146 Å². The number of benzene rings is 2. The fourth-order valence-corrected chi connectivity index (χ4v) is 4.66. The third kappa shape index (κ3) is 5.88. The van der Waals surface area contributed by atoms with Crippen molar-refractivity contribution in [3.8, 4) is 5.69 Å². The lowest BCUT2D eigenvalue weighted by Crippen LogP contribution is -2.16. The number of carbonyl (C=O) groups excluding carboxylic acids is 1. The summed E-state index contributed by atoms with van der Waals surface area (Å²) < 4.78 is 37.8. The zero-order valence-electron chi connectivity index (χ0n) is 18.6. The van der Waals surface area contributed by atoms with Crippen LogP contribution in [0, 0.1) is 19.7 Å². The predicted octanol–water partition coefficient (Wildman–Crippen LogP) is 3.01. The summed E-state index contributed by atoms with van der Waals surface area (Å²) in [5.41, 5.74) is 2.98. The number of nitrogens with zero attached hydrogens (tertiary/aromatic N) is 5. The van der Waals surface area contributed by atoms with Gasteiger partial charge in [0.2, 0.25) is 10.0 Å². The summed E-state index contributed by atoms with van der Waals surface area (Å²) in [6.07, 6.45) is 0. The van der Waals surface area contributed by atoms with Gasteiger partial charge in [-0.25, -0.2) is 32.6 Å². The summed E-state index contributed by atoms with van der Waals surface area (Å²) in [4.78, 5) is 21.8. The van der Waals surface area contributed by atoms with Gasteiger partial charge in [0, 0.05) is 22.8 Å². The molecule has 0 aliphatic rings. The zero-order valence-corrected chi connectivity index (χ0v) is 20.3. The van der Waals surface area contributed by atoms with Gasteiger partial charge in [0.25, 0.3) is 5.91 Å². The van der Waals surface area contributed by atoms with Crippen molar-refractivity contribution in [3.05, 3.63) is 83.2 Å². The Morgan fingerprint density at radius 2 is 1.69 bits per heavy atom. The Hall–Kier alpha value is -3.68. The largest absolute Gasteiger partial charge is 0.321 e. The van der Waals surface area contributed by atoms with Gasteiger partial charge in [-0.1, -0.05) is 17.0 Å². The van der Waals surface area contributed by atoms with Crippen molar-refractivity contribution < 1.29 is 17.6 Å². The molecule has 2 heterocycles. The van der Waals surface area contributed by atoms with Crippen molar-refractivity contribution in [3.63, 3.8) is 0 Å². The van der Waals surface area contributed by atoms with Crippen LogP contribution in [0.4, 0.5) is 10.1 Å². The Labute approximate surface area is 204 Å². The minimum Gasteiger partial charge on any atom is -0.321 e. The monoisotopic (exact) mass is 513 g/mol. The number of anilines is 1. The maximum atomic E-state index is 13.5. The molecule has 13 heteroatoms. The minimum atomic E-state index is -3.86. The second-order valence-corrected chi connectivity index (χ2v) is 10.0. The average molecular weight is 514 g/mol. The van der Waals surface area contributed by atoms with Gasteiger partial charge in [-0.15, -0.1) is 5.10 Å². The van der Waals surface area contributed by atoms with E-state index in [0.717, 1.165) is 11.4 Å². The van der Waals surface area contributed by atoms with E-state index in [1.807, 2.05) is 19.9 Å². The molecule has 0 fully saturated rings. The van der Waals surface area contributed by atoms with Crippen molar-refractivity contribution in [1.29, 1.82) is 0 Å². The van der Waals surface area contributed by atoms with E-state index in [0.29, 0.717) is 22.2 Å². The highest BCUT2D eigenvalue weighted by Gasteiger charge is 2.22. The Morgan fingerprint density at radius 3 is 2.29 bits per heavy atom. The lowest BCUT2D eigenvalue weighted by Gasteiger charge is -2.09. The predicted molar refractivity (Wildman–Crippen MR) is 128 cm³/mol. The van der Waals surface area contributed by atoms with Gasteiger partial charge >= 0.3 is 0 Å². The molecule has 0 spiro atoms. The fourth-order valence-electron chi connectivity index (χ4n) is 3.21. The number of halogens is 1. The van der Waals surface area contributed by atoms with Crippen LogP contribution in [-0.2, 0) is 15.8 Å². The van der Waals surface area contributed by atoms with E-state index in [4.69, 9.17) is 5.14 Å². The van der Waals surface area contributed by atoms with Crippen molar-refractivity contribution in [2.45, 2.75) is 29.7 Å². The first-order valence-electron chi connectivity index (χ1n) is 10.2. The molecule has 4 rings (SSSR count). The maximum absolute atomic E-state index is 13.5. The highest BCUT2D eigenvalue weighted by Crippen LogP contribution is 2.24. The van der Waals surface area contributed by atoms with E-state index in [9.17, 15) is 17.6 Å².